The summed E-state index contributed by atoms with van der Waals surface area (Å²) >= 11 is 1.72. The normalized spacial score (nSPS) is 18.5. The topological polar surface area (TPSA) is 79.2 Å². The van der Waals surface area contributed by atoms with Crippen molar-refractivity contribution in [2.45, 2.75) is 12.8 Å². The van der Waals surface area contributed by atoms with Crippen LogP contribution in [0.4, 0.5) is 11.5 Å². The minimum absolute atomic E-state index is 0.0184. The van der Waals surface area contributed by atoms with Crippen LogP contribution in [0.1, 0.15) is 12.8 Å². The zero-order valence-corrected chi connectivity index (χ0v) is 23.2. The van der Waals surface area contributed by atoms with Crippen LogP contribution in [-0.2, 0) is 9.53 Å². The van der Waals surface area contributed by atoms with E-state index in [4.69, 9.17) is 9.72 Å². The molecule has 0 radical (unpaired) electrons. The first-order chi connectivity index (χ1) is 19.5. The minimum atomic E-state index is -0.0959. The smallest absolute Gasteiger partial charge is 0.259 e. The Morgan fingerprint density at radius 1 is 1.02 bits per heavy atom. The van der Waals surface area contributed by atoms with Crippen LogP contribution in [-0.4, -0.2) is 66.6 Å². The van der Waals surface area contributed by atoms with E-state index in [1.165, 1.54) is 0 Å². The second kappa shape index (κ2) is 10.3. The van der Waals surface area contributed by atoms with Crippen molar-refractivity contribution >= 4 is 54.6 Å². The zero-order chi connectivity index (χ0) is 27.2. The summed E-state index contributed by atoms with van der Waals surface area (Å²) in [4.78, 5) is 35.4. The highest BCUT2D eigenvalue weighted by molar-refractivity contribution is 7.26. The summed E-state index contributed by atoms with van der Waals surface area (Å²) in [5, 5.41) is 5.41. The summed E-state index contributed by atoms with van der Waals surface area (Å²) in [6.07, 6.45) is 3.76. The van der Waals surface area contributed by atoms with Crippen molar-refractivity contribution in [2.75, 3.05) is 56.7 Å². The SMILES string of the molecule is CN1CCC[C@H](C(=O)Nc2ccc3sc4c(-c5cccn6c(=O)cc(N7CCOCC7)nc56)cccc4c3c2)C1. The molecule has 7 rings (SSSR count). The van der Waals surface area contributed by atoms with Crippen molar-refractivity contribution in [3.8, 4) is 11.1 Å². The molecule has 2 aromatic carbocycles. The molecule has 0 spiro atoms. The van der Waals surface area contributed by atoms with E-state index < -0.39 is 0 Å². The van der Waals surface area contributed by atoms with Gasteiger partial charge in [-0.05, 0) is 56.8 Å². The van der Waals surface area contributed by atoms with Gasteiger partial charge in [0.25, 0.3) is 5.56 Å². The number of likely N-dealkylation sites (tertiary alicyclic amines) is 1. The molecule has 40 heavy (non-hydrogen) atoms. The third kappa shape index (κ3) is 4.54. The number of morpholine rings is 1. The van der Waals surface area contributed by atoms with E-state index in [1.807, 2.05) is 18.2 Å². The van der Waals surface area contributed by atoms with E-state index in [2.05, 4.69) is 52.5 Å². The molecule has 2 fully saturated rings. The lowest BCUT2D eigenvalue weighted by Gasteiger charge is -2.28. The number of hydrogen-bond donors (Lipinski definition) is 1. The van der Waals surface area contributed by atoms with Gasteiger partial charge in [-0.15, -0.1) is 11.3 Å². The maximum Gasteiger partial charge on any atom is 0.259 e. The number of nitrogens with zero attached hydrogens (tertiary/aromatic N) is 4. The average Bonchev–Trinajstić information content (AvgIpc) is 3.35. The fourth-order valence-electron chi connectivity index (χ4n) is 5.99. The number of nitrogens with one attached hydrogen (secondary N) is 1. The zero-order valence-electron chi connectivity index (χ0n) is 22.4. The molecular formula is C31H31N5O3S. The van der Waals surface area contributed by atoms with Crippen molar-refractivity contribution in [2.24, 2.45) is 5.92 Å². The molecule has 9 heteroatoms. The number of carbonyl (C=O) groups excluding carboxylic acids is 1. The monoisotopic (exact) mass is 553 g/mol. The average molecular weight is 554 g/mol. The second-order valence-corrected chi connectivity index (χ2v) is 11.8. The van der Waals surface area contributed by atoms with Gasteiger partial charge in [0, 0.05) is 68.9 Å². The number of pyridine rings is 1. The summed E-state index contributed by atoms with van der Waals surface area (Å²) in [5.74, 6) is 0.799. The fraction of sp³-hybridized carbons (Fsp3) is 0.323. The molecule has 2 saturated heterocycles. The summed E-state index contributed by atoms with van der Waals surface area (Å²) < 4.78 is 9.41. The molecule has 1 atom stereocenters. The molecule has 5 aromatic rings. The predicted octanol–water partition coefficient (Wildman–Crippen LogP) is 4.85. The van der Waals surface area contributed by atoms with E-state index in [-0.39, 0.29) is 17.4 Å². The highest BCUT2D eigenvalue weighted by Gasteiger charge is 2.24. The molecule has 0 aliphatic carbocycles. The highest BCUT2D eigenvalue weighted by Crippen LogP contribution is 2.41. The quantitative estimate of drug-likeness (QED) is 0.343. The van der Waals surface area contributed by atoms with E-state index in [0.29, 0.717) is 37.8 Å². The van der Waals surface area contributed by atoms with Crippen molar-refractivity contribution in [3.05, 3.63) is 71.1 Å². The van der Waals surface area contributed by atoms with E-state index in [9.17, 15) is 9.59 Å². The first-order valence-corrected chi connectivity index (χ1v) is 14.7. The molecule has 1 N–H and O–H groups in total. The van der Waals surface area contributed by atoms with Gasteiger partial charge >= 0.3 is 0 Å². The van der Waals surface area contributed by atoms with Crippen molar-refractivity contribution in [1.82, 2.24) is 14.3 Å². The largest absolute Gasteiger partial charge is 0.378 e. The Bertz CT molecular complexity index is 1810. The summed E-state index contributed by atoms with van der Waals surface area (Å²) in [6.45, 7) is 4.54. The van der Waals surface area contributed by atoms with Gasteiger partial charge in [0.15, 0.2) is 0 Å². The molecule has 204 valence electrons. The second-order valence-electron chi connectivity index (χ2n) is 10.8. The van der Waals surface area contributed by atoms with Crippen LogP contribution in [0.3, 0.4) is 0 Å². The van der Waals surface area contributed by atoms with Gasteiger partial charge in [0.2, 0.25) is 5.91 Å². The van der Waals surface area contributed by atoms with Crippen LogP contribution in [0.25, 0.3) is 36.9 Å². The van der Waals surface area contributed by atoms with Gasteiger partial charge in [-0.2, -0.15) is 0 Å². The number of hydrogen-bond acceptors (Lipinski definition) is 7. The van der Waals surface area contributed by atoms with Crippen LogP contribution in [0.2, 0.25) is 0 Å². The number of thiophene rings is 1. The van der Waals surface area contributed by atoms with Gasteiger partial charge in [0.1, 0.15) is 11.5 Å². The van der Waals surface area contributed by atoms with Crippen molar-refractivity contribution in [1.29, 1.82) is 0 Å². The number of piperidine rings is 1. The number of fused-ring (bicyclic) bond motifs is 4. The number of benzene rings is 2. The lowest BCUT2D eigenvalue weighted by atomic mass is 9.97. The van der Waals surface area contributed by atoms with Crippen LogP contribution >= 0.6 is 11.3 Å². The molecule has 0 saturated carbocycles. The van der Waals surface area contributed by atoms with Crippen LogP contribution in [0.5, 0.6) is 0 Å². The Morgan fingerprint density at radius 2 is 1.88 bits per heavy atom. The molecule has 1 amide bonds. The lowest BCUT2D eigenvalue weighted by Crippen LogP contribution is -2.38. The maximum atomic E-state index is 13.1. The van der Waals surface area contributed by atoms with Crippen LogP contribution < -0.4 is 15.8 Å². The summed E-state index contributed by atoms with van der Waals surface area (Å²) in [5.41, 5.74) is 3.33. The number of carbonyl (C=O) groups is 1. The Labute approximate surface area is 235 Å². The molecule has 0 bridgehead atoms. The van der Waals surface area contributed by atoms with Gasteiger partial charge in [-0.25, -0.2) is 4.98 Å². The van der Waals surface area contributed by atoms with Crippen LogP contribution in [0.15, 0.2) is 65.6 Å². The van der Waals surface area contributed by atoms with Crippen LogP contribution in [0, 0.1) is 5.92 Å². The summed E-state index contributed by atoms with van der Waals surface area (Å²) in [7, 11) is 2.08. The van der Waals surface area contributed by atoms with Gasteiger partial charge in [-0.3, -0.25) is 14.0 Å². The number of ether oxygens (including phenoxy) is 1. The predicted molar refractivity (Wildman–Crippen MR) is 162 cm³/mol. The Morgan fingerprint density at radius 3 is 2.73 bits per heavy atom. The fourth-order valence-corrected chi connectivity index (χ4v) is 7.20. The number of rotatable bonds is 4. The highest BCUT2D eigenvalue weighted by atomic mass is 32.1. The van der Waals surface area contributed by atoms with Gasteiger partial charge in [0.05, 0.1) is 19.1 Å². The first kappa shape index (κ1) is 25.2. The Hall–Kier alpha value is -3.79. The third-order valence-corrected chi connectivity index (χ3v) is 9.28. The third-order valence-electron chi connectivity index (χ3n) is 8.06. The Kier molecular flexibility index (Phi) is 6.50. The van der Waals surface area contributed by atoms with E-state index in [0.717, 1.165) is 62.9 Å². The molecule has 5 heterocycles. The number of amides is 1. The minimum Gasteiger partial charge on any atom is -0.378 e. The van der Waals surface area contributed by atoms with Gasteiger partial charge < -0.3 is 19.9 Å². The van der Waals surface area contributed by atoms with Gasteiger partial charge in [-0.1, -0.05) is 18.2 Å². The molecule has 2 aliphatic rings. The molecule has 0 unspecified atom stereocenters. The van der Waals surface area contributed by atoms with E-state index >= 15 is 0 Å². The first-order valence-electron chi connectivity index (χ1n) is 13.9. The lowest BCUT2D eigenvalue weighted by molar-refractivity contribution is -0.121. The molecular weight excluding hydrogens is 522 g/mol. The molecule has 8 nitrogen and oxygen atoms in total. The molecule has 3 aromatic heterocycles. The Balaban J connectivity index is 1.30. The number of aromatic nitrogens is 2. The maximum absolute atomic E-state index is 13.1. The van der Waals surface area contributed by atoms with Crippen molar-refractivity contribution in [3.63, 3.8) is 0 Å². The van der Waals surface area contributed by atoms with E-state index in [1.54, 1.807) is 28.0 Å². The summed E-state index contributed by atoms with van der Waals surface area (Å²) in [6, 6.07) is 18.0. The molecule has 2 aliphatic heterocycles. The standard InChI is InChI=1S/C31H31N5O3S/c1-34-11-3-5-20(19-34)31(38)32-21-9-10-26-25(17-21)23-7-2-6-22(29(23)40-26)24-8-4-12-36-28(37)18-27(33-30(24)36)35-13-15-39-16-14-35/h2,4,6-10,12,17-18,20H,3,5,11,13-16,19H2,1H3,(H,32,38)/t20-/m0/s1. The van der Waals surface area contributed by atoms with Crippen molar-refractivity contribution < 1.29 is 9.53 Å². The number of anilines is 2.